The molecule has 1 saturated carbocycles. The Morgan fingerprint density at radius 1 is 1.13 bits per heavy atom. The van der Waals surface area contributed by atoms with Crippen LogP contribution in [0.5, 0.6) is 0 Å². The van der Waals surface area contributed by atoms with Crippen LogP contribution >= 0.6 is 0 Å². The first-order valence-corrected chi connectivity index (χ1v) is 16.1. The molecule has 5 rings (SSSR count). The second-order valence-corrected chi connectivity index (χ2v) is 14.8. The molecule has 2 fully saturated rings. The summed E-state index contributed by atoms with van der Waals surface area (Å²) in [6, 6.07) is 12.1. The predicted molar refractivity (Wildman–Crippen MR) is 148 cm³/mol. The molecule has 0 spiro atoms. The first kappa shape index (κ1) is 27.6. The van der Waals surface area contributed by atoms with Crippen LogP contribution in [0, 0.1) is 17.2 Å². The first-order valence-electron chi connectivity index (χ1n) is 13.1. The van der Waals surface area contributed by atoms with Crippen molar-refractivity contribution in [1.82, 2.24) is 13.3 Å². The maximum atomic E-state index is 13.3. The van der Waals surface area contributed by atoms with Gasteiger partial charge in [0.15, 0.2) is 5.65 Å². The molecule has 3 aromatic rings. The van der Waals surface area contributed by atoms with E-state index in [-0.39, 0.29) is 34.8 Å². The number of sulfonamides is 1. The van der Waals surface area contributed by atoms with Gasteiger partial charge in [0.2, 0.25) is 10.0 Å². The number of benzene rings is 1. The van der Waals surface area contributed by atoms with E-state index in [4.69, 9.17) is 0 Å². The zero-order chi connectivity index (χ0) is 28.0. The number of β-amino-alcohol motifs (C(OH)–C–C–N with tert-alkyl or cyclic N) is 1. The minimum atomic E-state index is -3.87. The van der Waals surface area contributed by atoms with Crippen molar-refractivity contribution in [1.29, 1.82) is 5.26 Å². The standard InChI is InChI=1S/C27H33N5O5S2/c1-27(33)13-15-31(19-27)38(34,35)18-20-8-10-22(11-9-20)30(2)25-21(16-28)17-29-26-24(25)12-14-32(26)39(36,37)23-6-4-3-5-7-23/h3-7,12,14,17,20,22,33H,8-11,13,15,18-19H2,1-2H3/t20-,22-,27?. The third-order valence-corrected chi connectivity index (χ3v) is 11.7. The van der Waals surface area contributed by atoms with Crippen LogP contribution in [0.15, 0.2) is 53.7 Å². The van der Waals surface area contributed by atoms with Gasteiger partial charge in [0.05, 0.1) is 27.5 Å². The number of rotatable bonds is 7. The lowest BCUT2D eigenvalue weighted by Gasteiger charge is -2.37. The fourth-order valence-electron chi connectivity index (χ4n) is 5.84. The van der Waals surface area contributed by atoms with Crippen LogP contribution in [0.2, 0.25) is 0 Å². The summed E-state index contributed by atoms with van der Waals surface area (Å²) < 4.78 is 55.1. The number of nitriles is 1. The monoisotopic (exact) mass is 571 g/mol. The van der Waals surface area contributed by atoms with E-state index >= 15 is 0 Å². The number of nitrogens with zero attached hydrogens (tertiary/aromatic N) is 5. The van der Waals surface area contributed by atoms with Crippen molar-refractivity contribution in [3.05, 3.63) is 54.4 Å². The van der Waals surface area contributed by atoms with Crippen molar-refractivity contribution in [2.45, 2.75) is 55.6 Å². The number of anilines is 1. The Kier molecular flexibility index (Phi) is 7.22. The summed E-state index contributed by atoms with van der Waals surface area (Å²) in [7, 11) is -5.42. The largest absolute Gasteiger partial charge is 0.389 e. The fourth-order valence-corrected chi connectivity index (χ4v) is 9.14. The van der Waals surface area contributed by atoms with Gasteiger partial charge in [0.25, 0.3) is 10.0 Å². The van der Waals surface area contributed by atoms with Gasteiger partial charge in [-0.1, -0.05) is 18.2 Å². The van der Waals surface area contributed by atoms with Crippen molar-refractivity contribution in [3.8, 4) is 6.07 Å². The Balaban J connectivity index is 1.35. The second-order valence-electron chi connectivity index (χ2n) is 10.9. The number of fused-ring (bicyclic) bond motifs is 1. The smallest absolute Gasteiger partial charge is 0.269 e. The molecule has 1 aromatic carbocycles. The van der Waals surface area contributed by atoms with Crippen LogP contribution in [0.1, 0.15) is 44.6 Å². The fraction of sp³-hybridized carbons (Fsp3) is 0.481. The first-order chi connectivity index (χ1) is 18.4. The molecule has 1 saturated heterocycles. The van der Waals surface area contributed by atoms with Crippen molar-refractivity contribution in [3.63, 3.8) is 0 Å². The van der Waals surface area contributed by atoms with Gasteiger partial charge in [0.1, 0.15) is 6.07 Å². The quantitative estimate of drug-likeness (QED) is 0.457. The van der Waals surface area contributed by atoms with Gasteiger partial charge in [-0.25, -0.2) is 25.8 Å². The van der Waals surface area contributed by atoms with Crippen LogP contribution in [-0.2, 0) is 20.0 Å². The van der Waals surface area contributed by atoms with E-state index in [1.807, 2.05) is 11.9 Å². The maximum Gasteiger partial charge on any atom is 0.269 e. The molecule has 3 heterocycles. The van der Waals surface area contributed by atoms with Gasteiger partial charge in [-0.2, -0.15) is 9.57 Å². The Morgan fingerprint density at radius 3 is 2.44 bits per heavy atom. The van der Waals surface area contributed by atoms with Crippen LogP contribution < -0.4 is 4.90 Å². The van der Waals surface area contributed by atoms with E-state index < -0.39 is 25.6 Å². The Labute approximate surface area is 229 Å². The Morgan fingerprint density at radius 2 is 1.82 bits per heavy atom. The molecule has 0 radical (unpaired) electrons. The Bertz CT molecular complexity index is 1620. The van der Waals surface area contributed by atoms with E-state index in [0.717, 1.165) is 29.7 Å². The summed E-state index contributed by atoms with van der Waals surface area (Å²) in [4.78, 5) is 6.50. The molecule has 2 aromatic heterocycles. The molecule has 208 valence electrons. The molecule has 0 bridgehead atoms. The molecule has 10 nitrogen and oxygen atoms in total. The van der Waals surface area contributed by atoms with Gasteiger partial charge < -0.3 is 10.0 Å². The molecule has 1 atom stereocenters. The number of aromatic nitrogens is 2. The molecule has 1 N–H and O–H groups in total. The normalized spacial score (nSPS) is 24.6. The second kappa shape index (κ2) is 10.2. The van der Waals surface area contributed by atoms with Crippen molar-refractivity contribution in [2.24, 2.45) is 5.92 Å². The van der Waals surface area contributed by atoms with Gasteiger partial charge in [-0.15, -0.1) is 0 Å². The van der Waals surface area contributed by atoms with Gasteiger partial charge >= 0.3 is 0 Å². The van der Waals surface area contributed by atoms with E-state index in [1.165, 1.54) is 28.8 Å². The number of aliphatic hydroxyl groups is 1. The third kappa shape index (κ3) is 5.28. The highest BCUT2D eigenvalue weighted by molar-refractivity contribution is 7.90. The highest BCUT2D eigenvalue weighted by Crippen LogP contribution is 2.37. The van der Waals surface area contributed by atoms with Gasteiger partial charge in [0, 0.05) is 44.0 Å². The molecule has 1 aliphatic carbocycles. The molecule has 1 unspecified atom stereocenters. The van der Waals surface area contributed by atoms with Crippen molar-refractivity contribution >= 4 is 36.8 Å². The SMILES string of the molecule is CN(c1c(C#N)cnc2c1ccn2S(=O)(=O)c1ccccc1)[C@H]1CC[C@H](CS(=O)(=O)N2CCC(C)(O)C2)CC1. The van der Waals surface area contributed by atoms with E-state index in [1.54, 1.807) is 31.2 Å². The minimum absolute atomic E-state index is 0.0233. The van der Waals surface area contributed by atoms with Gasteiger partial charge in [-0.3, -0.25) is 0 Å². The minimum Gasteiger partial charge on any atom is -0.389 e. The lowest BCUT2D eigenvalue weighted by molar-refractivity contribution is 0.0762. The molecular formula is C27H33N5O5S2. The van der Waals surface area contributed by atoms with Crippen molar-refractivity contribution in [2.75, 3.05) is 30.8 Å². The molecule has 1 aliphatic heterocycles. The van der Waals surface area contributed by atoms with E-state index in [0.29, 0.717) is 29.6 Å². The summed E-state index contributed by atoms with van der Waals surface area (Å²) in [6.45, 7) is 2.16. The van der Waals surface area contributed by atoms with Gasteiger partial charge in [-0.05, 0) is 63.1 Å². The molecule has 12 heteroatoms. The molecule has 39 heavy (non-hydrogen) atoms. The summed E-state index contributed by atoms with van der Waals surface area (Å²) in [5, 5.41) is 20.6. The lowest BCUT2D eigenvalue weighted by atomic mass is 9.86. The zero-order valence-corrected chi connectivity index (χ0v) is 23.7. The summed E-state index contributed by atoms with van der Waals surface area (Å²) in [6.07, 6.45) is 6.25. The number of hydrogen-bond donors (Lipinski definition) is 1. The summed E-state index contributed by atoms with van der Waals surface area (Å²) in [5.41, 5.74) is 0.257. The summed E-state index contributed by atoms with van der Waals surface area (Å²) >= 11 is 0. The topological polar surface area (TPSA) is 137 Å². The van der Waals surface area contributed by atoms with Crippen LogP contribution in [-0.4, -0.2) is 72.7 Å². The highest BCUT2D eigenvalue weighted by atomic mass is 32.2. The Hall–Kier alpha value is -2.98. The number of pyridine rings is 1. The lowest BCUT2D eigenvalue weighted by Crippen LogP contribution is -2.40. The van der Waals surface area contributed by atoms with Crippen LogP contribution in [0.25, 0.3) is 11.0 Å². The summed E-state index contributed by atoms with van der Waals surface area (Å²) in [5.74, 6) is 0.0954. The molecular weight excluding hydrogens is 538 g/mol. The highest BCUT2D eigenvalue weighted by Gasteiger charge is 2.39. The van der Waals surface area contributed by atoms with Crippen LogP contribution in [0.4, 0.5) is 5.69 Å². The number of hydrogen-bond acceptors (Lipinski definition) is 8. The molecule has 2 aliphatic rings. The van der Waals surface area contributed by atoms with Crippen molar-refractivity contribution < 1.29 is 21.9 Å². The third-order valence-electron chi connectivity index (χ3n) is 8.05. The average Bonchev–Trinajstić information content (AvgIpc) is 3.52. The van der Waals surface area contributed by atoms with Crippen LogP contribution in [0.3, 0.4) is 0 Å². The molecule has 0 amide bonds. The average molecular weight is 572 g/mol. The van der Waals surface area contributed by atoms with E-state index in [2.05, 4.69) is 11.1 Å². The zero-order valence-electron chi connectivity index (χ0n) is 22.1. The maximum absolute atomic E-state index is 13.3. The predicted octanol–water partition coefficient (Wildman–Crippen LogP) is 2.93. The van der Waals surface area contributed by atoms with E-state index in [9.17, 15) is 27.2 Å².